The van der Waals surface area contributed by atoms with Crippen molar-refractivity contribution in [2.24, 2.45) is 0 Å². The minimum absolute atomic E-state index is 0.502. The number of nitrogens with one attached hydrogen (secondary N) is 1. The fraction of sp³-hybridized carbons (Fsp3) is 0. The smallest absolute Gasteiger partial charge is 0.199 e. The first-order valence-corrected chi connectivity index (χ1v) is 3.69. The maximum Gasteiger partial charge on any atom is 0.199 e. The summed E-state index contributed by atoms with van der Waals surface area (Å²) in [6, 6.07) is 5.47. The zero-order valence-electron chi connectivity index (χ0n) is 5.98. The van der Waals surface area contributed by atoms with E-state index >= 15 is 0 Å². The van der Waals surface area contributed by atoms with E-state index in [9.17, 15) is 0 Å². The molecule has 1 N–H and O–H groups in total. The van der Waals surface area contributed by atoms with E-state index in [0.29, 0.717) is 10.3 Å². The van der Waals surface area contributed by atoms with Gasteiger partial charge in [0, 0.05) is 6.20 Å². The van der Waals surface area contributed by atoms with Gasteiger partial charge >= 0.3 is 0 Å². The number of nitriles is 1. The molecule has 0 atom stereocenters. The van der Waals surface area contributed by atoms with Gasteiger partial charge in [-0.05, 0) is 24.4 Å². The van der Waals surface area contributed by atoms with Crippen molar-refractivity contribution in [3.8, 4) is 6.07 Å². The van der Waals surface area contributed by atoms with E-state index in [0.717, 1.165) is 5.65 Å². The van der Waals surface area contributed by atoms with E-state index in [-0.39, 0.29) is 0 Å². The second-order valence-electron chi connectivity index (χ2n) is 2.29. The highest BCUT2D eigenvalue weighted by Gasteiger charge is 1.96. The number of rotatable bonds is 0. The van der Waals surface area contributed by atoms with E-state index in [1.54, 1.807) is 22.7 Å². The SMILES string of the molecule is N#Cc1ccc2n[nH]c(=S)n2c1. The summed E-state index contributed by atoms with van der Waals surface area (Å²) in [5, 5.41) is 15.2. The first kappa shape index (κ1) is 7.00. The third kappa shape index (κ3) is 0.898. The van der Waals surface area contributed by atoms with Gasteiger partial charge in [-0.25, -0.2) is 0 Å². The molecule has 2 rings (SSSR count). The fourth-order valence-corrected chi connectivity index (χ4v) is 1.16. The number of nitrogens with zero attached hydrogens (tertiary/aromatic N) is 3. The minimum Gasteiger partial charge on any atom is -0.274 e. The van der Waals surface area contributed by atoms with Gasteiger partial charge in [0.1, 0.15) is 6.07 Å². The normalized spacial score (nSPS) is 9.92. The monoisotopic (exact) mass is 176 g/mol. The molecule has 0 aliphatic rings. The van der Waals surface area contributed by atoms with E-state index in [2.05, 4.69) is 10.2 Å². The topological polar surface area (TPSA) is 56.9 Å². The van der Waals surface area contributed by atoms with Gasteiger partial charge in [-0.2, -0.15) is 10.4 Å². The Morgan fingerprint density at radius 2 is 2.42 bits per heavy atom. The van der Waals surface area contributed by atoms with Crippen LogP contribution in [0, 0.1) is 16.1 Å². The largest absolute Gasteiger partial charge is 0.274 e. The predicted octanol–water partition coefficient (Wildman–Crippen LogP) is 1.26. The molecule has 2 heterocycles. The molecule has 4 nitrogen and oxygen atoms in total. The number of fused-ring (bicyclic) bond motifs is 1. The summed E-state index contributed by atoms with van der Waals surface area (Å²) in [4.78, 5) is 0. The van der Waals surface area contributed by atoms with Gasteiger partial charge in [-0.1, -0.05) is 0 Å². The Labute approximate surface area is 73.1 Å². The molecule has 0 radical (unpaired) electrons. The van der Waals surface area contributed by atoms with Crippen molar-refractivity contribution in [2.45, 2.75) is 0 Å². The molecule has 0 aromatic carbocycles. The Bertz CT molecular complexity index is 516. The predicted molar refractivity (Wildman–Crippen MR) is 45.1 cm³/mol. The molecule has 0 aliphatic heterocycles. The molecule has 0 spiro atoms. The number of H-pyrrole nitrogens is 1. The highest BCUT2D eigenvalue weighted by atomic mass is 32.1. The molecule has 2 aromatic heterocycles. The van der Waals surface area contributed by atoms with Crippen molar-refractivity contribution in [3.05, 3.63) is 28.7 Å². The van der Waals surface area contributed by atoms with Gasteiger partial charge in [-0.15, -0.1) is 0 Å². The van der Waals surface area contributed by atoms with Crippen LogP contribution in [0.5, 0.6) is 0 Å². The van der Waals surface area contributed by atoms with Crippen molar-refractivity contribution in [1.82, 2.24) is 14.6 Å². The molecule has 0 saturated carbocycles. The molecule has 0 aliphatic carbocycles. The number of hydrogen-bond donors (Lipinski definition) is 1. The van der Waals surface area contributed by atoms with Crippen LogP contribution in [0.3, 0.4) is 0 Å². The lowest BCUT2D eigenvalue weighted by molar-refractivity contribution is 1.07. The Kier molecular flexibility index (Phi) is 1.42. The molecular formula is C7H4N4S. The molecule has 0 saturated heterocycles. The first-order valence-electron chi connectivity index (χ1n) is 3.28. The van der Waals surface area contributed by atoms with Crippen LogP contribution in [0.1, 0.15) is 5.56 Å². The Balaban J connectivity index is 2.91. The quantitative estimate of drug-likeness (QED) is 0.615. The van der Waals surface area contributed by atoms with Gasteiger partial charge in [0.05, 0.1) is 5.56 Å². The lowest BCUT2D eigenvalue weighted by atomic mass is 10.3. The van der Waals surface area contributed by atoms with Gasteiger partial charge < -0.3 is 0 Å². The van der Waals surface area contributed by atoms with Crippen LogP contribution < -0.4 is 0 Å². The van der Waals surface area contributed by atoms with Gasteiger partial charge in [0.2, 0.25) is 0 Å². The minimum atomic E-state index is 0.502. The summed E-state index contributed by atoms with van der Waals surface area (Å²) in [5.41, 5.74) is 1.29. The number of pyridine rings is 1. The van der Waals surface area contributed by atoms with Gasteiger partial charge in [0.15, 0.2) is 10.4 Å². The number of hydrogen-bond acceptors (Lipinski definition) is 3. The maximum atomic E-state index is 8.60. The summed E-state index contributed by atoms with van der Waals surface area (Å²) < 4.78 is 2.16. The molecule has 0 amide bonds. The summed E-state index contributed by atoms with van der Waals surface area (Å²) in [6.07, 6.45) is 1.65. The Hall–Kier alpha value is -1.67. The summed E-state index contributed by atoms with van der Waals surface area (Å²) in [5.74, 6) is 0. The molecule has 0 fully saturated rings. The lowest BCUT2D eigenvalue weighted by Crippen LogP contribution is -1.85. The van der Waals surface area contributed by atoms with Crippen molar-refractivity contribution < 1.29 is 0 Å². The molecule has 12 heavy (non-hydrogen) atoms. The lowest BCUT2D eigenvalue weighted by Gasteiger charge is -1.90. The van der Waals surface area contributed by atoms with Crippen LogP contribution in [0.15, 0.2) is 18.3 Å². The van der Waals surface area contributed by atoms with Crippen LogP contribution in [-0.4, -0.2) is 14.6 Å². The fourth-order valence-electron chi connectivity index (χ4n) is 0.972. The van der Waals surface area contributed by atoms with Crippen molar-refractivity contribution in [1.29, 1.82) is 5.26 Å². The van der Waals surface area contributed by atoms with Crippen molar-refractivity contribution in [3.63, 3.8) is 0 Å². The molecule has 2 aromatic rings. The molecule has 5 heteroatoms. The highest BCUT2D eigenvalue weighted by Crippen LogP contribution is 2.02. The number of aromatic amines is 1. The average Bonchev–Trinajstić information content (AvgIpc) is 2.47. The molecular weight excluding hydrogens is 172 g/mol. The second-order valence-corrected chi connectivity index (χ2v) is 2.67. The summed E-state index contributed by atoms with van der Waals surface area (Å²) in [6.45, 7) is 0. The van der Waals surface area contributed by atoms with E-state index < -0.39 is 0 Å². The van der Waals surface area contributed by atoms with E-state index in [4.69, 9.17) is 17.5 Å². The zero-order valence-corrected chi connectivity index (χ0v) is 6.80. The zero-order chi connectivity index (χ0) is 8.55. The summed E-state index contributed by atoms with van der Waals surface area (Å²) in [7, 11) is 0. The molecule has 0 unspecified atom stereocenters. The average molecular weight is 176 g/mol. The van der Waals surface area contributed by atoms with Gasteiger partial charge in [0.25, 0.3) is 0 Å². The van der Waals surface area contributed by atoms with Crippen LogP contribution in [0.25, 0.3) is 5.65 Å². The Morgan fingerprint density at radius 3 is 3.17 bits per heavy atom. The first-order chi connectivity index (χ1) is 5.81. The maximum absolute atomic E-state index is 8.60. The Morgan fingerprint density at radius 1 is 1.58 bits per heavy atom. The van der Waals surface area contributed by atoms with E-state index in [1.807, 2.05) is 6.07 Å². The van der Waals surface area contributed by atoms with Crippen LogP contribution in [-0.2, 0) is 0 Å². The van der Waals surface area contributed by atoms with Gasteiger partial charge in [-0.3, -0.25) is 9.50 Å². The second kappa shape index (κ2) is 2.43. The van der Waals surface area contributed by atoms with E-state index in [1.165, 1.54) is 0 Å². The molecule has 58 valence electrons. The summed E-state index contributed by atoms with van der Waals surface area (Å²) >= 11 is 4.93. The van der Waals surface area contributed by atoms with Crippen molar-refractivity contribution in [2.75, 3.05) is 0 Å². The molecule has 0 bridgehead atoms. The third-order valence-corrected chi connectivity index (χ3v) is 1.83. The van der Waals surface area contributed by atoms with Crippen LogP contribution >= 0.6 is 12.2 Å². The number of aromatic nitrogens is 3. The van der Waals surface area contributed by atoms with Crippen LogP contribution in [0.4, 0.5) is 0 Å². The third-order valence-electron chi connectivity index (χ3n) is 1.54. The van der Waals surface area contributed by atoms with Crippen LogP contribution in [0.2, 0.25) is 0 Å². The van der Waals surface area contributed by atoms with Crippen molar-refractivity contribution >= 4 is 17.9 Å². The standard InChI is InChI=1S/C7H4N4S/c8-3-5-1-2-6-9-10-7(12)11(6)4-5/h1-2,4H,(H,10,12). The highest BCUT2D eigenvalue weighted by molar-refractivity contribution is 7.71.